The Bertz CT molecular complexity index is 655. The molecule has 1 unspecified atom stereocenters. The summed E-state index contributed by atoms with van der Waals surface area (Å²) in [5, 5.41) is 5.80. The zero-order chi connectivity index (χ0) is 15.4. The maximum Gasteiger partial charge on any atom is 0.319 e. The lowest BCUT2D eigenvalue weighted by molar-refractivity contribution is 0.249. The largest absolute Gasteiger partial charge is 0.331 e. The first-order valence-electron chi connectivity index (χ1n) is 7.81. The number of aromatic nitrogens is 1. The van der Waals surface area contributed by atoms with E-state index in [1.165, 1.54) is 30.4 Å². The van der Waals surface area contributed by atoms with Gasteiger partial charge in [-0.25, -0.2) is 4.79 Å². The van der Waals surface area contributed by atoms with Gasteiger partial charge in [-0.15, -0.1) is 0 Å². The van der Waals surface area contributed by atoms with E-state index in [0.29, 0.717) is 0 Å². The highest BCUT2D eigenvalue weighted by Crippen LogP contribution is 2.24. The molecular weight excluding hydrogens is 274 g/mol. The molecule has 3 rings (SSSR count). The van der Waals surface area contributed by atoms with Crippen molar-refractivity contribution in [3.63, 3.8) is 0 Å². The molecule has 1 atom stereocenters. The van der Waals surface area contributed by atoms with Gasteiger partial charge in [0.1, 0.15) is 0 Å². The summed E-state index contributed by atoms with van der Waals surface area (Å²) in [7, 11) is 0. The molecule has 1 heterocycles. The first-order chi connectivity index (χ1) is 10.7. The van der Waals surface area contributed by atoms with E-state index >= 15 is 0 Å². The number of fused-ring (bicyclic) bond motifs is 1. The Labute approximate surface area is 131 Å². The molecule has 2 amide bonds. The van der Waals surface area contributed by atoms with Crippen LogP contribution in [0.25, 0.3) is 0 Å². The van der Waals surface area contributed by atoms with Crippen LogP contribution in [-0.2, 0) is 12.8 Å². The van der Waals surface area contributed by atoms with Gasteiger partial charge in [0, 0.05) is 18.1 Å². The highest BCUT2D eigenvalue weighted by atomic mass is 16.2. The molecule has 1 aliphatic rings. The molecule has 0 bridgehead atoms. The number of pyridine rings is 1. The Balaban J connectivity index is 1.64. The number of nitrogens with one attached hydrogen (secondary N) is 2. The van der Waals surface area contributed by atoms with Gasteiger partial charge in [0.05, 0.1) is 6.04 Å². The number of anilines is 1. The second-order valence-corrected chi connectivity index (χ2v) is 5.79. The summed E-state index contributed by atoms with van der Waals surface area (Å²) >= 11 is 0. The van der Waals surface area contributed by atoms with E-state index in [4.69, 9.17) is 0 Å². The lowest BCUT2D eigenvalue weighted by Gasteiger charge is -2.20. The molecule has 1 aromatic heterocycles. The number of carbonyl (C=O) groups is 1. The number of amides is 2. The number of nitrogens with zero attached hydrogens (tertiary/aromatic N) is 1. The summed E-state index contributed by atoms with van der Waals surface area (Å²) < 4.78 is 0. The second-order valence-electron chi connectivity index (χ2n) is 5.79. The van der Waals surface area contributed by atoms with Crippen molar-refractivity contribution < 1.29 is 4.79 Å². The van der Waals surface area contributed by atoms with Crippen molar-refractivity contribution in [1.29, 1.82) is 0 Å². The van der Waals surface area contributed by atoms with Crippen LogP contribution in [0, 0.1) is 0 Å². The molecule has 0 saturated heterocycles. The van der Waals surface area contributed by atoms with E-state index in [1.807, 2.05) is 6.92 Å². The van der Waals surface area contributed by atoms with Gasteiger partial charge in [-0.05, 0) is 61.4 Å². The maximum atomic E-state index is 12.0. The fraction of sp³-hybridized carbons (Fsp3) is 0.333. The van der Waals surface area contributed by atoms with E-state index in [9.17, 15) is 4.79 Å². The average molecular weight is 295 g/mol. The quantitative estimate of drug-likeness (QED) is 0.904. The average Bonchev–Trinajstić information content (AvgIpc) is 2.55. The first-order valence-corrected chi connectivity index (χ1v) is 7.81. The summed E-state index contributed by atoms with van der Waals surface area (Å²) in [6, 6.07) is 9.90. The van der Waals surface area contributed by atoms with Crippen LogP contribution in [0.5, 0.6) is 0 Å². The highest BCUT2D eigenvalue weighted by Gasteiger charge is 2.14. The minimum atomic E-state index is -0.198. The molecule has 22 heavy (non-hydrogen) atoms. The normalized spacial score (nSPS) is 14.8. The van der Waals surface area contributed by atoms with Gasteiger partial charge in [-0.3, -0.25) is 4.98 Å². The van der Waals surface area contributed by atoms with E-state index in [-0.39, 0.29) is 12.1 Å². The number of rotatable bonds is 3. The van der Waals surface area contributed by atoms with Crippen LogP contribution in [0.4, 0.5) is 10.5 Å². The number of carbonyl (C=O) groups excluding carboxylic acids is 1. The summed E-state index contributed by atoms with van der Waals surface area (Å²) in [5.74, 6) is 0. The Kier molecular flexibility index (Phi) is 4.37. The van der Waals surface area contributed by atoms with Crippen molar-refractivity contribution in [2.75, 3.05) is 5.32 Å². The van der Waals surface area contributed by atoms with Gasteiger partial charge >= 0.3 is 6.03 Å². The van der Waals surface area contributed by atoms with E-state index in [0.717, 1.165) is 17.7 Å². The van der Waals surface area contributed by atoms with Crippen LogP contribution < -0.4 is 10.6 Å². The molecule has 4 heteroatoms. The van der Waals surface area contributed by atoms with Crippen molar-refractivity contribution in [3.05, 3.63) is 59.4 Å². The third-order valence-corrected chi connectivity index (χ3v) is 4.16. The van der Waals surface area contributed by atoms with Crippen LogP contribution in [0.3, 0.4) is 0 Å². The van der Waals surface area contributed by atoms with Crippen LogP contribution in [0.1, 0.15) is 42.5 Å². The zero-order valence-electron chi connectivity index (χ0n) is 12.8. The molecule has 0 saturated carbocycles. The highest BCUT2D eigenvalue weighted by molar-refractivity contribution is 5.89. The molecule has 4 nitrogen and oxygen atoms in total. The minimum absolute atomic E-state index is 0.0194. The van der Waals surface area contributed by atoms with Crippen LogP contribution in [0.15, 0.2) is 42.7 Å². The zero-order valence-corrected chi connectivity index (χ0v) is 12.8. The molecule has 1 aromatic carbocycles. The Morgan fingerprint density at radius 1 is 1.09 bits per heavy atom. The summed E-state index contributed by atoms with van der Waals surface area (Å²) in [5.41, 5.74) is 4.80. The van der Waals surface area contributed by atoms with Gasteiger partial charge in [0.2, 0.25) is 0 Å². The number of hydrogen-bond acceptors (Lipinski definition) is 2. The Hall–Kier alpha value is -2.36. The van der Waals surface area contributed by atoms with E-state index in [2.05, 4.69) is 33.8 Å². The summed E-state index contributed by atoms with van der Waals surface area (Å²) in [4.78, 5) is 16.0. The number of benzene rings is 1. The van der Waals surface area contributed by atoms with Gasteiger partial charge in [-0.2, -0.15) is 0 Å². The van der Waals surface area contributed by atoms with Crippen LogP contribution in [0.2, 0.25) is 0 Å². The monoisotopic (exact) mass is 295 g/mol. The van der Waals surface area contributed by atoms with Crippen molar-refractivity contribution in [1.82, 2.24) is 10.3 Å². The lowest BCUT2D eigenvalue weighted by atomic mass is 9.89. The summed E-state index contributed by atoms with van der Waals surface area (Å²) in [6.45, 7) is 2.01. The summed E-state index contributed by atoms with van der Waals surface area (Å²) in [6.07, 6.45) is 8.19. The number of hydrogen-bond donors (Lipinski definition) is 2. The van der Waals surface area contributed by atoms with E-state index in [1.54, 1.807) is 24.5 Å². The van der Waals surface area contributed by atoms with Crippen molar-refractivity contribution in [3.8, 4) is 0 Å². The number of urea groups is 1. The molecule has 1 aliphatic carbocycles. The van der Waals surface area contributed by atoms with Gasteiger partial charge in [0.25, 0.3) is 0 Å². The third kappa shape index (κ3) is 3.45. The smallest absolute Gasteiger partial charge is 0.319 e. The van der Waals surface area contributed by atoms with Crippen molar-refractivity contribution in [2.45, 2.75) is 38.6 Å². The maximum absolute atomic E-state index is 12.0. The predicted octanol–water partition coefficient (Wildman–Crippen LogP) is 3.84. The lowest BCUT2D eigenvalue weighted by Crippen LogP contribution is -2.31. The van der Waals surface area contributed by atoms with Gasteiger partial charge in [-0.1, -0.05) is 18.2 Å². The first kappa shape index (κ1) is 14.6. The number of aryl methyl sites for hydroxylation is 2. The molecule has 114 valence electrons. The standard InChI is InChI=1S/C18H21N3O/c1-13(20-18(22)21-17-8-10-19-11-9-17)15-7-6-14-4-2-3-5-16(14)12-15/h6-13H,2-5H2,1H3,(H2,19,20,21,22). The molecular formula is C18H21N3O. The molecule has 2 aromatic rings. The SMILES string of the molecule is CC(NC(=O)Nc1ccncc1)c1ccc2c(c1)CCCC2. The molecule has 0 spiro atoms. The van der Waals surface area contributed by atoms with E-state index < -0.39 is 0 Å². The van der Waals surface area contributed by atoms with Crippen molar-refractivity contribution in [2.24, 2.45) is 0 Å². The van der Waals surface area contributed by atoms with Gasteiger partial charge in [0.15, 0.2) is 0 Å². The molecule has 0 radical (unpaired) electrons. The topological polar surface area (TPSA) is 54.0 Å². The minimum Gasteiger partial charge on any atom is -0.331 e. The van der Waals surface area contributed by atoms with Crippen molar-refractivity contribution >= 4 is 11.7 Å². The Morgan fingerprint density at radius 3 is 2.59 bits per heavy atom. The molecule has 0 aliphatic heterocycles. The second kappa shape index (κ2) is 6.60. The fourth-order valence-electron chi connectivity index (χ4n) is 2.91. The van der Waals surface area contributed by atoms with Crippen LogP contribution >= 0.6 is 0 Å². The molecule has 2 N–H and O–H groups in total. The predicted molar refractivity (Wildman–Crippen MR) is 87.9 cm³/mol. The third-order valence-electron chi connectivity index (χ3n) is 4.16. The Morgan fingerprint density at radius 2 is 1.82 bits per heavy atom. The molecule has 0 fully saturated rings. The van der Waals surface area contributed by atoms with Gasteiger partial charge < -0.3 is 10.6 Å². The van der Waals surface area contributed by atoms with Crippen LogP contribution in [-0.4, -0.2) is 11.0 Å². The fourth-order valence-corrected chi connectivity index (χ4v) is 2.91.